The Morgan fingerprint density at radius 2 is 1.55 bits per heavy atom. The molecule has 0 unspecified atom stereocenters. The Hall–Kier alpha value is -2.43. The third kappa shape index (κ3) is 5.56. The highest BCUT2D eigenvalue weighted by molar-refractivity contribution is 7.91. The van der Waals surface area contributed by atoms with E-state index >= 15 is 0 Å². The van der Waals surface area contributed by atoms with E-state index in [1.807, 2.05) is 24.3 Å². The van der Waals surface area contributed by atoms with Crippen LogP contribution in [0.2, 0.25) is 0 Å². The lowest BCUT2D eigenvalue weighted by Crippen LogP contribution is -2.51. The molecule has 0 radical (unpaired) electrons. The molecule has 1 aromatic carbocycles. The average Bonchev–Trinajstić information content (AvgIpc) is 3.52. The summed E-state index contributed by atoms with van der Waals surface area (Å²) in [6, 6.07) is 10.8. The number of nitrogens with zero attached hydrogens (tertiary/aromatic N) is 3. The van der Waals surface area contributed by atoms with Gasteiger partial charge in [-0.2, -0.15) is 4.31 Å². The quantitative estimate of drug-likeness (QED) is 0.591. The van der Waals surface area contributed by atoms with Crippen molar-refractivity contribution in [1.29, 1.82) is 0 Å². The predicted molar refractivity (Wildman–Crippen MR) is 126 cm³/mol. The Morgan fingerprint density at radius 1 is 0.909 bits per heavy atom. The van der Waals surface area contributed by atoms with Crippen LogP contribution in [0.25, 0.3) is 0 Å². The average molecular weight is 492 g/mol. The van der Waals surface area contributed by atoms with Crippen LogP contribution in [0.15, 0.2) is 40.6 Å². The molecule has 2 amide bonds. The summed E-state index contributed by atoms with van der Waals surface area (Å²) >= 11 is 1.18. The maximum Gasteiger partial charge on any atom is 0.252 e. The molecule has 10 heteroatoms. The molecule has 33 heavy (non-hydrogen) atoms. The molecule has 0 atom stereocenters. The number of sulfonamides is 1. The fourth-order valence-electron chi connectivity index (χ4n) is 4.18. The van der Waals surface area contributed by atoms with Crippen LogP contribution in [-0.4, -0.2) is 80.7 Å². The predicted octanol–water partition coefficient (Wildman–Crippen LogP) is 2.00. The van der Waals surface area contributed by atoms with Crippen LogP contribution in [0.3, 0.4) is 0 Å². The van der Waals surface area contributed by atoms with E-state index in [-0.39, 0.29) is 18.2 Å². The van der Waals surface area contributed by atoms with Crippen LogP contribution in [0.1, 0.15) is 23.3 Å². The lowest BCUT2D eigenvalue weighted by atomic mass is 10.1. The molecule has 0 N–H and O–H groups in total. The van der Waals surface area contributed by atoms with Gasteiger partial charge >= 0.3 is 0 Å². The highest BCUT2D eigenvalue weighted by Crippen LogP contribution is 2.28. The molecule has 1 aromatic heterocycles. The minimum Gasteiger partial charge on any atom is -0.497 e. The van der Waals surface area contributed by atoms with Crippen LogP contribution < -0.4 is 4.74 Å². The zero-order chi connectivity index (χ0) is 23.4. The second-order valence-corrected chi connectivity index (χ2v) is 11.6. The zero-order valence-corrected chi connectivity index (χ0v) is 20.4. The molecule has 0 bridgehead atoms. The Bertz CT molecular complexity index is 1100. The summed E-state index contributed by atoms with van der Waals surface area (Å²) in [5.74, 6) is 0.716. The summed E-state index contributed by atoms with van der Waals surface area (Å²) in [6.07, 6.45) is 2.26. The molecule has 0 spiro atoms. The van der Waals surface area contributed by atoms with Crippen molar-refractivity contribution >= 4 is 33.2 Å². The molecular formula is C23H29N3O5S2. The van der Waals surface area contributed by atoms with Crippen LogP contribution >= 0.6 is 11.3 Å². The number of benzene rings is 1. The van der Waals surface area contributed by atoms with E-state index in [4.69, 9.17) is 4.74 Å². The lowest BCUT2D eigenvalue weighted by Gasteiger charge is -2.35. The maximum absolute atomic E-state index is 12.8. The highest BCUT2D eigenvalue weighted by Gasteiger charge is 2.29. The van der Waals surface area contributed by atoms with Crippen LogP contribution in [0.4, 0.5) is 0 Å². The summed E-state index contributed by atoms with van der Waals surface area (Å²) in [5, 5.41) is 0. The van der Waals surface area contributed by atoms with Crippen LogP contribution in [-0.2, 0) is 32.5 Å². The topological polar surface area (TPSA) is 87.2 Å². The van der Waals surface area contributed by atoms with Crippen molar-refractivity contribution in [2.75, 3.05) is 46.4 Å². The molecule has 2 aromatic rings. The largest absolute Gasteiger partial charge is 0.497 e. The van der Waals surface area contributed by atoms with Crippen molar-refractivity contribution < 1.29 is 22.7 Å². The second kappa shape index (κ2) is 10.2. The fourth-order valence-corrected chi connectivity index (χ4v) is 7.20. The number of methoxy groups -OCH3 is 1. The minimum absolute atomic E-state index is 0.0327. The van der Waals surface area contributed by atoms with Gasteiger partial charge in [-0.15, -0.1) is 11.3 Å². The number of carbonyl (C=O) groups excluding carboxylic acids is 2. The molecule has 2 aliphatic rings. The molecule has 8 nitrogen and oxygen atoms in total. The lowest BCUT2D eigenvalue weighted by molar-refractivity contribution is -0.138. The van der Waals surface area contributed by atoms with Crippen LogP contribution in [0.5, 0.6) is 5.75 Å². The van der Waals surface area contributed by atoms with E-state index in [2.05, 4.69) is 0 Å². The van der Waals surface area contributed by atoms with Crippen molar-refractivity contribution in [2.45, 2.75) is 29.9 Å². The molecule has 2 aliphatic heterocycles. The van der Waals surface area contributed by atoms with E-state index in [9.17, 15) is 18.0 Å². The summed E-state index contributed by atoms with van der Waals surface area (Å²) in [6.45, 7) is 3.08. The summed E-state index contributed by atoms with van der Waals surface area (Å²) in [5.41, 5.74) is 0.898. The summed E-state index contributed by atoms with van der Waals surface area (Å²) in [4.78, 5) is 29.7. The van der Waals surface area contributed by atoms with E-state index in [0.717, 1.165) is 29.0 Å². The zero-order valence-electron chi connectivity index (χ0n) is 18.7. The molecule has 0 saturated carbocycles. The van der Waals surface area contributed by atoms with Gasteiger partial charge in [-0.1, -0.05) is 12.1 Å². The van der Waals surface area contributed by atoms with Gasteiger partial charge in [0.05, 0.1) is 20.0 Å². The molecule has 2 fully saturated rings. The first-order valence-corrected chi connectivity index (χ1v) is 13.4. The SMILES string of the molecule is COc1cccc(CC(=O)N2CCN(C(=O)Cc3ccc(S(=O)(=O)N4CCCC4)s3)CC2)c1. The first-order valence-electron chi connectivity index (χ1n) is 11.1. The number of carbonyl (C=O) groups is 2. The van der Waals surface area contributed by atoms with Gasteiger partial charge < -0.3 is 14.5 Å². The van der Waals surface area contributed by atoms with Crippen molar-refractivity contribution in [2.24, 2.45) is 0 Å². The first kappa shape index (κ1) is 23.7. The summed E-state index contributed by atoms with van der Waals surface area (Å²) in [7, 11) is -1.85. The van der Waals surface area contributed by atoms with Gasteiger partial charge in [0.25, 0.3) is 10.0 Å². The Morgan fingerprint density at radius 3 is 2.18 bits per heavy atom. The van der Waals surface area contributed by atoms with Crippen molar-refractivity contribution in [3.8, 4) is 5.75 Å². The van der Waals surface area contributed by atoms with Gasteiger partial charge in [0.1, 0.15) is 9.96 Å². The van der Waals surface area contributed by atoms with Crippen molar-refractivity contribution in [1.82, 2.24) is 14.1 Å². The number of piperazine rings is 1. The Kier molecular flexibility index (Phi) is 7.35. The van der Waals surface area contributed by atoms with E-state index in [1.165, 1.54) is 15.6 Å². The van der Waals surface area contributed by atoms with Gasteiger partial charge in [-0.3, -0.25) is 9.59 Å². The van der Waals surface area contributed by atoms with Gasteiger partial charge in [-0.25, -0.2) is 8.42 Å². The molecule has 178 valence electrons. The molecule has 4 rings (SSSR count). The number of ether oxygens (including phenoxy) is 1. The molecular weight excluding hydrogens is 462 g/mol. The Balaban J connectivity index is 1.28. The monoisotopic (exact) mass is 491 g/mol. The standard InChI is InChI=1S/C23H29N3O5S2/c1-31-19-6-4-5-18(15-19)16-21(27)24-11-13-25(14-12-24)22(28)17-20-7-8-23(32-20)33(29,30)26-9-2-3-10-26/h4-8,15H,2-3,9-14,16-17H2,1H3. The van der Waals surface area contributed by atoms with E-state index in [1.54, 1.807) is 29.0 Å². The van der Waals surface area contributed by atoms with E-state index in [0.29, 0.717) is 49.9 Å². The van der Waals surface area contributed by atoms with Gasteiger partial charge in [0.2, 0.25) is 11.8 Å². The number of hydrogen-bond donors (Lipinski definition) is 0. The van der Waals surface area contributed by atoms with Crippen molar-refractivity contribution in [3.63, 3.8) is 0 Å². The third-order valence-corrected chi connectivity index (χ3v) is 9.55. The molecule has 0 aliphatic carbocycles. The minimum atomic E-state index is -3.45. The normalized spacial score (nSPS) is 17.4. The highest BCUT2D eigenvalue weighted by atomic mass is 32.2. The summed E-state index contributed by atoms with van der Waals surface area (Å²) < 4.78 is 32.4. The Labute approximate surface area is 198 Å². The van der Waals surface area contributed by atoms with Gasteiger partial charge in [0, 0.05) is 44.1 Å². The van der Waals surface area contributed by atoms with Gasteiger partial charge in [-0.05, 0) is 42.7 Å². The fraction of sp³-hybridized carbons (Fsp3) is 0.478. The van der Waals surface area contributed by atoms with E-state index < -0.39 is 10.0 Å². The van der Waals surface area contributed by atoms with Gasteiger partial charge in [0.15, 0.2) is 0 Å². The van der Waals surface area contributed by atoms with Crippen LogP contribution in [0, 0.1) is 0 Å². The van der Waals surface area contributed by atoms with Crippen molar-refractivity contribution in [3.05, 3.63) is 46.8 Å². The smallest absolute Gasteiger partial charge is 0.252 e. The first-order chi connectivity index (χ1) is 15.9. The number of amides is 2. The third-order valence-electron chi connectivity index (χ3n) is 6.10. The number of thiophene rings is 1. The second-order valence-electron chi connectivity index (χ2n) is 8.30. The molecule has 3 heterocycles. The number of rotatable bonds is 7. The maximum atomic E-state index is 12.8. The molecule has 2 saturated heterocycles. The number of hydrogen-bond acceptors (Lipinski definition) is 6.